The number of carbonyl (C=O) groups is 1. The van der Waals surface area contributed by atoms with Gasteiger partial charge in [-0.05, 0) is 60.7 Å². The highest BCUT2D eigenvalue weighted by Gasteiger charge is 2.08. The van der Waals surface area contributed by atoms with Gasteiger partial charge in [-0.1, -0.05) is 87.3 Å². The molecular weight excluding hydrogens is 406 g/mol. The number of benzene rings is 2. The summed E-state index contributed by atoms with van der Waals surface area (Å²) in [7, 11) is 1.35. The number of methoxy groups -OCH3 is 1. The third kappa shape index (κ3) is 7.61. The first-order valence-electron chi connectivity index (χ1n) is 11.9. The highest BCUT2D eigenvalue weighted by Crippen LogP contribution is 2.21. The van der Waals surface area contributed by atoms with Crippen molar-refractivity contribution in [3.05, 3.63) is 88.7 Å². The molecule has 0 atom stereocenters. The molecule has 33 heavy (non-hydrogen) atoms. The lowest BCUT2D eigenvalue weighted by Gasteiger charge is -2.05. The van der Waals surface area contributed by atoms with Gasteiger partial charge >= 0.3 is 5.97 Å². The Morgan fingerprint density at radius 2 is 1.42 bits per heavy atom. The van der Waals surface area contributed by atoms with Gasteiger partial charge in [-0.25, -0.2) is 9.78 Å². The molecule has 0 amide bonds. The molecule has 0 aliphatic carbocycles. The molecule has 0 saturated heterocycles. The number of ether oxygens (including phenoxy) is 1. The van der Waals surface area contributed by atoms with Crippen LogP contribution in [-0.2, 0) is 11.2 Å². The van der Waals surface area contributed by atoms with E-state index in [1.165, 1.54) is 62.3 Å². The fraction of sp³-hybridized carbons (Fsp3) is 0.333. The first kappa shape index (κ1) is 24.3. The summed E-state index contributed by atoms with van der Waals surface area (Å²) in [5, 5.41) is 0. The Morgan fingerprint density at radius 1 is 0.818 bits per heavy atom. The van der Waals surface area contributed by atoms with Crippen molar-refractivity contribution >= 4 is 5.97 Å². The van der Waals surface area contributed by atoms with Gasteiger partial charge in [0.25, 0.3) is 0 Å². The highest BCUT2D eigenvalue weighted by molar-refractivity contribution is 5.87. The molecule has 0 N–H and O–H groups in total. The molecule has 3 aromatic rings. The van der Waals surface area contributed by atoms with Crippen LogP contribution in [0.15, 0.2) is 60.7 Å². The van der Waals surface area contributed by atoms with E-state index in [0.717, 1.165) is 23.2 Å². The minimum atomic E-state index is -0.455. The molecule has 0 aliphatic heterocycles. The third-order valence-electron chi connectivity index (χ3n) is 5.69. The van der Waals surface area contributed by atoms with E-state index in [1.807, 2.05) is 25.1 Å². The SMILES string of the molecule is CCCCCCCCc1ccc(-c2ccc(C#Cc3cc(C)nc(C(=O)OC)c3)cc2)cc1. The molecule has 0 bridgehead atoms. The van der Waals surface area contributed by atoms with Gasteiger partial charge in [0.15, 0.2) is 0 Å². The molecule has 0 saturated carbocycles. The monoisotopic (exact) mass is 439 g/mol. The van der Waals surface area contributed by atoms with Gasteiger partial charge in [0.1, 0.15) is 5.69 Å². The molecule has 0 unspecified atom stereocenters. The quantitative estimate of drug-likeness (QED) is 0.202. The Morgan fingerprint density at radius 3 is 2.09 bits per heavy atom. The topological polar surface area (TPSA) is 39.2 Å². The van der Waals surface area contributed by atoms with Crippen molar-refractivity contribution < 1.29 is 9.53 Å². The molecule has 170 valence electrons. The summed E-state index contributed by atoms with van der Waals surface area (Å²) >= 11 is 0. The summed E-state index contributed by atoms with van der Waals surface area (Å²) < 4.78 is 4.76. The number of esters is 1. The molecule has 3 rings (SSSR count). The van der Waals surface area contributed by atoms with E-state index >= 15 is 0 Å². The minimum absolute atomic E-state index is 0.275. The predicted molar refractivity (Wildman–Crippen MR) is 135 cm³/mol. The van der Waals surface area contributed by atoms with Crippen LogP contribution in [0, 0.1) is 18.8 Å². The van der Waals surface area contributed by atoms with E-state index in [2.05, 4.69) is 60.1 Å². The predicted octanol–water partition coefficient (Wildman–Crippen LogP) is 7.15. The molecular formula is C30H33NO2. The first-order chi connectivity index (χ1) is 16.1. The zero-order chi connectivity index (χ0) is 23.5. The maximum atomic E-state index is 11.8. The van der Waals surface area contributed by atoms with E-state index < -0.39 is 5.97 Å². The van der Waals surface area contributed by atoms with Gasteiger partial charge in [0.05, 0.1) is 7.11 Å². The lowest BCUT2D eigenvalue weighted by Crippen LogP contribution is -2.05. The van der Waals surface area contributed by atoms with Gasteiger partial charge < -0.3 is 4.74 Å². The number of aromatic nitrogens is 1. The number of aryl methyl sites for hydroxylation is 2. The molecule has 2 aromatic carbocycles. The van der Waals surface area contributed by atoms with Crippen LogP contribution in [0.4, 0.5) is 0 Å². The largest absolute Gasteiger partial charge is 0.464 e. The van der Waals surface area contributed by atoms with Crippen molar-refractivity contribution in [1.82, 2.24) is 4.98 Å². The Kier molecular flexibility index (Phi) is 9.27. The molecule has 0 aliphatic rings. The lowest BCUT2D eigenvalue weighted by atomic mass is 10.00. The summed E-state index contributed by atoms with van der Waals surface area (Å²) in [4.78, 5) is 16.0. The lowest BCUT2D eigenvalue weighted by molar-refractivity contribution is 0.0593. The van der Waals surface area contributed by atoms with E-state index in [1.54, 1.807) is 6.07 Å². The second kappa shape index (κ2) is 12.6. The normalized spacial score (nSPS) is 10.4. The summed E-state index contributed by atoms with van der Waals surface area (Å²) in [6.07, 6.45) is 9.14. The third-order valence-corrected chi connectivity index (χ3v) is 5.69. The summed E-state index contributed by atoms with van der Waals surface area (Å²) in [6, 6.07) is 20.7. The molecule has 0 spiro atoms. The second-order valence-corrected chi connectivity index (χ2v) is 8.42. The Bertz CT molecular complexity index is 1100. The maximum absolute atomic E-state index is 11.8. The number of carbonyl (C=O) groups excluding carboxylic acids is 1. The number of hydrogen-bond acceptors (Lipinski definition) is 3. The van der Waals surface area contributed by atoms with Crippen LogP contribution in [0.2, 0.25) is 0 Å². The van der Waals surface area contributed by atoms with Crippen molar-refractivity contribution in [3.63, 3.8) is 0 Å². The Labute approximate surface area is 198 Å². The van der Waals surface area contributed by atoms with Crippen LogP contribution < -0.4 is 0 Å². The summed E-state index contributed by atoms with van der Waals surface area (Å²) in [5.41, 5.74) is 6.49. The highest BCUT2D eigenvalue weighted by atomic mass is 16.5. The second-order valence-electron chi connectivity index (χ2n) is 8.42. The summed E-state index contributed by atoms with van der Waals surface area (Å²) in [5.74, 6) is 5.84. The molecule has 3 heteroatoms. The van der Waals surface area contributed by atoms with E-state index in [4.69, 9.17) is 4.74 Å². The average Bonchev–Trinajstić information content (AvgIpc) is 2.85. The van der Waals surface area contributed by atoms with Crippen molar-refractivity contribution in [1.29, 1.82) is 0 Å². The van der Waals surface area contributed by atoms with Crippen LogP contribution in [0.25, 0.3) is 11.1 Å². The zero-order valence-electron chi connectivity index (χ0n) is 20.0. The number of rotatable bonds is 9. The number of nitrogens with zero attached hydrogens (tertiary/aromatic N) is 1. The van der Waals surface area contributed by atoms with Gasteiger partial charge in [0.2, 0.25) is 0 Å². The Hall–Kier alpha value is -3.38. The van der Waals surface area contributed by atoms with Gasteiger partial charge in [-0.15, -0.1) is 0 Å². The van der Waals surface area contributed by atoms with Crippen molar-refractivity contribution in [2.24, 2.45) is 0 Å². The van der Waals surface area contributed by atoms with Crippen LogP contribution in [-0.4, -0.2) is 18.1 Å². The van der Waals surface area contributed by atoms with E-state index in [9.17, 15) is 4.79 Å². The van der Waals surface area contributed by atoms with Gasteiger partial charge in [-0.2, -0.15) is 0 Å². The van der Waals surface area contributed by atoms with Crippen LogP contribution >= 0.6 is 0 Å². The first-order valence-corrected chi connectivity index (χ1v) is 11.9. The zero-order valence-corrected chi connectivity index (χ0v) is 20.0. The van der Waals surface area contributed by atoms with Crippen molar-refractivity contribution in [2.75, 3.05) is 7.11 Å². The van der Waals surface area contributed by atoms with Crippen LogP contribution in [0.5, 0.6) is 0 Å². The van der Waals surface area contributed by atoms with Crippen molar-refractivity contribution in [3.8, 4) is 23.0 Å². The van der Waals surface area contributed by atoms with Gasteiger partial charge in [0, 0.05) is 16.8 Å². The van der Waals surface area contributed by atoms with Gasteiger partial charge in [-0.3, -0.25) is 0 Å². The average molecular weight is 440 g/mol. The summed E-state index contributed by atoms with van der Waals surface area (Å²) in [6.45, 7) is 4.10. The van der Waals surface area contributed by atoms with Crippen LogP contribution in [0.1, 0.15) is 78.3 Å². The molecule has 1 heterocycles. The number of unbranched alkanes of at least 4 members (excludes halogenated alkanes) is 5. The molecule has 0 radical (unpaired) electrons. The molecule has 1 aromatic heterocycles. The Balaban J connectivity index is 1.60. The molecule has 3 nitrogen and oxygen atoms in total. The number of hydrogen-bond donors (Lipinski definition) is 0. The fourth-order valence-electron chi connectivity index (χ4n) is 3.81. The van der Waals surface area contributed by atoms with E-state index in [-0.39, 0.29) is 5.69 Å². The smallest absolute Gasteiger partial charge is 0.356 e. The minimum Gasteiger partial charge on any atom is -0.464 e. The standard InChI is InChI=1S/C30H33NO2/c1-4-5-6-7-8-9-10-24-13-17-27(18-14-24)28-19-15-25(16-20-28)11-12-26-21-23(2)31-29(22-26)30(32)33-3/h13-22H,4-10H2,1-3H3. The molecule has 0 fully saturated rings. The van der Waals surface area contributed by atoms with E-state index in [0.29, 0.717) is 0 Å². The van der Waals surface area contributed by atoms with Crippen LogP contribution in [0.3, 0.4) is 0 Å². The maximum Gasteiger partial charge on any atom is 0.356 e. The fourth-order valence-corrected chi connectivity index (χ4v) is 3.81. The number of pyridine rings is 1. The van der Waals surface area contributed by atoms with Crippen molar-refractivity contribution in [2.45, 2.75) is 58.8 Å².